The molecule has 1 aromatic carbocycles. The summed E-state index contributed by atoms with van der Waals surface area (Å²) in [5, 5.41) is 14.6. The summed E-state index contributed by atoms with van der Waals surface area (Å²) in [5.41, 5.74) is 1.07. The number of anilines is 1. The third-order valence-corrected chi connectivity index (χ3v) is 3.65. The molecule has 0 aromatic heterocycles. The van der Waals surface area contributed by atoms with Gasteiger partial charge in [-0.2, -0.15) is 0 Å². The molecule has 1 saturated heterocycles. The average molecular weight is 291 g/mol. The molecule has 114 valence electrons. The molecule has 0 spiro atoms. The first-order valence-corrected chi connectivity index (χ1v) is 7.18. The predicted molar refractivity (Wildman–Crippen MR) is 80.8 cm³/mol. The topological polar surface area (TPSA) is 81.7 Å². The average Bonchev–Trinajstić information content (AvgIpc) is 2.91. The van der Waals surface area contributed by atoms with Crippen molar-refractivity contribution in [2.45, 2.75) is 19.8 Å². The van der Waals surface area contributed by atoms with Gasteiger partial charge in [0.1, 0.15) is 0 Å². The van der Waals surface area contributed by atoms with Gasteiger partial charge in [0.25, 0.3) is 0 Å². The third-order valence-electron chi connectivity index (χ3n) is 3.65. The highest BCUT2D eigenvalue weighted by Crippen LogP contribution is 2.19. The number of carbonyl (C=O) groups excluding carboxylic acids is 1. The standard InChI is InChI=1S/C15H21N3O3/c1-11-5-4-6-12(13(11)14(19)20)17-15(21)16-7-10-18-8-2-3-9-18/h4-6H,2-3,7-10H2,1H3,(H,19,20)(H2,16,17,21). The molecular weight excluding hydrogens is 270 g/mol. The Labute approximate surface area is 124 Å². The monoisotopic (exact) mass is 291 g/mol. The van der Waals surface area contributed by atoms with Crippen LogP contribution < -0.4 is 10.6 Å². The van der Waals surface area contributed by atoms with Crippen LogP contribution in [-0.2, 0) is 0 Å². The quantitative estimate of drug-likeness (QED) is 0.774. The Hall–Kier alpha value is -2.08. The van der Waals surface area contributed by atoms with Gasteiger partial charge in [-0.05, 0) is 44.5 Å². The van der Waals surface area contributed by atoms with Crippen molar-refractivity contribution in [3.63, 3.8) is 0 Å². The zero-order valence-corrected chi connectivity index (χ0v) is 12.2. The zero-order chi connectivity index (χ0) is 15.2. The van der Waals surface area contributed by atoms with Gasteiger partial charge in [-0.15, -0.1) is 0 Å². The Morgan fingerprint density at radius 3 is 2.67 bits per heavy atom. The van der Waals surface area contributed by atoms with E-state index in [-0.39, 0.29) is 11.6 Å². The summed E-state index contributed by atoms with van der Waals surface area (Å²) >= 11 is 0. The van der Waals surface area contributed by atoms with Crippen molar-refractivity contribution in [2.75, 3.05) is 31.5 Å². The second-order valence-electron chi connectivity index (χ2n) is 5.23. The molecule has 0 atom stereocenters. The highest BCUT2D eigenvalue weighted by Gasteiger charge is 2.15. The number of nitrogens with zero attached hydrogens (tertiary/aromatic N) is 1. The van der Waals surface area contributed by atoms with Crippen LogP contribution in [0.15, 0.2) is 18.2 Å². The SMILES string of the molecule is Cc1cccc(NC(=O)NCCN2CCCC2)c1C(=O)O. The number of aromatic carboxylic acids is 1. The van der Waals surface area contributed by atoms with Gasteiger partial charge in [0.2, 0.25) is 0 Å². The first kappa shape index (κ1) is 15.3. The number of carboxylic acids is 1. The predicted octanol–water partition coefficient (Wildman–Crippen LogP) is 1.91. The highest BCUT2D eigenvalue weighted by molar-refractivity contribution is 6.01. The van der Waals surface area contributed by atoms with Crippen LogP contribution in [0.25, 0.3) is 0 Å². The van der Waals surface area contributed by atoms with Gasteiger partial charge in [-0.1, -0.05) is 12.1 Å². The van der Waals surface area contributed by atoms with E-state index in [4.69, 9.17) is 0 Å². The fourth-order valence-corrected chi connectivity index (χ4v) is 2.56. The summed E-state index contributed by atoms with van der Waals surface area (Å²) in [7, 11) is 0. The number of benzene rings is 1. The van der Waals surface area contributed by atoms with E-state index in [1.165, 1.54) is 12.8 Å². The number of aryl methyl sites for hydroxylation is 1. The number of hydrogen-bond acceptors (Lipinski definition) is 3. The van der Waals surface area contributed by atoms with Crippen LogP contribution in [0.1, 0.15) is 28.8 Å². The third kappa shape index (κ3) is 4.19. The molecule has 1 aliphatic heterocycles. The Morgan fingerprint density at radius 2 is 2.00 bits per heavy atom. The van der Waals surface area contributed by atoms with E-state index in [9.17, 15) is 14.7 Å². The van der Waals surface area contributed by atoms with E-state index in [0.717, 1.165) is 19.6 Å². The number of carboxylic acid groups (broad SMARTS) is 1. The van der Waals surface area contributed by atoms with Gasteiger partial charge in [0.05, 0.1) is 11.3 Å². The fraction of sp³-hybridized carbons (Fsp3) is 0.467. The molecule has 2 rings (SSSR count). The molecule has 0 saturated carbocycles. The maximum atomic E-state index is 11.8. The molecule has 1 aromatic rings. The van der Waals surface area contributed by atoms with E-state index >= 15 is 0 Å². The van der Waals surface area contributed by atoms with Crippen molar-refractivity contribution in [3.8, 4) is 0 Å². The van der Waals surface area contributed by atoms with Crippen molar-refractivity contribution in [2.24, 2.45) is 0 Å². The summed E-state index contributed by atoms with van der Waals surface area (Å²) in [4.78, 5) is 25.4. The molecular formula is C15H21N3O3. The van der Waals surface area contributed by atoms with E-state index in [0.29, 0.717) is 17.8 Å². The number of rotatable bonds is 5. The van der Waals surface area contributed by atoms with Crippen LogP contribution in [0.3, 0.4) is 0 Å². The van der Waals surface area contributed by atoms with Gasteiger partial charge in [0, 0.05) is 13.1 Å². The first-order chi connectivity index (χ1) is 10.1. The maximum absolute atomic E-state index is 11.8. The molecule has 1 aliphatic rings. The van der Waals surface area contributed by atoms with Crippen LogP contribution >= 0.6 is 0 Å². The lowest BCUT2D eigenvalue weighted by Crippen LogP contribution is -2.36. The lowest BCUT2D eigenvalue weighted by molar-refractivity contribution is 0.0697. The molecule has 6 heteroatoms. The van der Waals surface area contributed by atoms with Crippen molar-refractivity contribution >= 4 is 17.7 Å². The van der Waals surface area contributed by atoms with E-state index < -0.39 is 5.97 Å². The second-order valence-corrected chi connectivity index (χ2v) is 5.23. The van der Waals surface area contributed by atoms with E-state index in [1.54, 1.807) is 25.1 Å². The van der Waals surface area contributed by atoms with E-state index in [2.05, 4.69) is 15.5 Å². The number of urea groups is 1. The van der Waals surface area contributed by atoms with Crippen molar-refractivity contribution in [1.29, 1.82) is 0 Å². The number of carbonyl (C=O) groups is 2. The molecule has 1 heterocycles. The van der Waals surface area contributed by atoms with Gasteiger partial charge in [0.15, 0.2) is 0 Å². The Balaban J connectivity index is 1.87. The van der Waals surface area contributed by atoms with Crippen LogP contribution in [0.2, 0.25) is 0 Å². The van der Waals surface area contributed by atoms with Crippen LogP contribution in [0.4, 0.5) is 10.5 Å². The summed E-state index contributed by atoms with van der Waals surface area (Å²) in [6.07, 6.45) is 2.44. The molecule has 2 amide bonds. The summed E-state index contributed by atoms with van der Waals surface area (Å²) in [5.74, 6) is -1.04. The number of nitrogens with one attached hydrogen (secondary N) is 2. The minimum absolute atomic E-state index is 0.132. The molecule has 1 fully saturated rings. The molecule has 0 bridgehead atoms. The minimum atomic E-state index is -1.04. The van der Waals surface area contributed by atoms with E-state index in [1.807, 2.05) is 0 Å². The molecule has 0 unspecified atom stereocenters. The maximum Gasteiger partial charge on any atom is 0.338 e. The van der Waals surface area contributed by atoms with Crippen molar-refractivity contribution in [1.82, 2.24) is 10.2 Å². The normalized spacial score (nSPS) is 14.9. The Kier molecular flexibility index (Phi) is 5.16. The van der Waals surface area contributed by atoms with Gasteiger partial charge in [-0.3, -0.25) is 0 Å². The number of amides is 2. The highest BCUT2D eigenvalue weighted by atomic mass is 16.4. The molecule has 21 heavy (non-hydrogen) atoms. The van der Waals surface area contributed by atoms with Gasteiger partial charge >= 0.3 is 12.0 Å². The largest absolute Gasteiger partial charge is 0.478 e. The van der Waals surface area contributed by atoms with Crippen molar-refractivity contribution in [3.05, 3.63) is 29.3 Å². The lowest BCUT2D eigenvalue weighted by atomic mass is 10.1. The van der Waals surface area contributed by atoms with Gasteiger partial charge in [-0.25, -0.2) is 9.59 Å². The molecule has 0 radical (unpaired) electrons. The zero-order valence-electron chi connectivity index (χ0n) is 12.2. The van der Waals surface area contributed by atoms with Crippen LogP contribution in [-0.4, -0.2) is 48.2 Å². The van der Waals surface area contributed by atoms with Crippen molar-refractivity contribution < 1.29 is 14.7 Å². The number of likely N-dealkylation sites (tertiary alicyclic amines) is 1. The Morgan fingerprint density at radius 1 is 1.29 bits per heavy atom. The summed E-state index contributed by atoms with van der Waals surface area (Å²) in [6.45, 7) is 5.27. The second kappa shape index (κ2) is 7.08. The smallest absolute Gasteiger partial charge is 0.338 e. The van der Waals surface area contributed by atoms with Gasteiger partial charge < -0.3 is 20.6 Å². The lowest BCUT2D eigenvalue weighted by Gasteiger charge is -2.15. The first-order valence-electron chi connectivity index (χ1n) is 7.18. The fourth-order valence-electron chi connectivity index (χ4n) is 2.56. The Bertz CT molecular complexity index is 525. The summed E-state index contributed by atoms with van der Waals surface area (Å²) < 4.78 is 0. The molecule has 0 aliphatic carbocycles. The minimum Gasteiger partial charge on any atom is -0.478 e. The molecule has 6 nitrogen and oxygen atoms in total. The number of hydrogen-bond donors (Lipinski definition) is 3. The molecule has 3 N–H and O–H groups in total. The summed E-state index contributed by atoms with van der Waals surface area (Å²) in [6, 6.07) is 4.65. The van der Waals surface area contributed by atoms with Crippen LogP contribution in [0.5, 0.6) is 0 Å². The van der Waals surface area contributed by atoms with Crippen LogP contribution in [0, 0.1) is 6.92 Å².